The van der Waals surface area contributed by atoms with E-state index in [1.54, 1.807) is 10.9 Å². The van der Waals surface area contributed by atoms with Crippen molar-refractivity contribution in [1.29, 1.82) is 0 Å². The Bertz CT molecular complexity index is 1090. The summed E-state index contributed by atoms with van der Waals surface area (Å²) >= 11 is 6.20. The average Bonchev–Trinajstić information content (AvgIpc) is 3.10. The molecular weight excluding hydrogens is 421 g/mol. The van der Waals surface area contributed by atoms with E-state index in [1.807, 2.05) is 32.2 Å². The number of alkyl halides is 3. The van der Waals surface area contributed by atoms with Crippen LogP contribution in [0.3, 0.4) is 0 Å². The van der Waals surface area contributed by atoms with E-state index < -0.39 is 17.3 Å². The van der Waals surface area contributed by atoms with Crippen LogP contribution in [0.4, 0.5) is 18.9 Å². The van der Waals surface area contributed by atoms with Gasteiger partial charge in [-0.25, -0.2) is 0 Å². The topological polar surface area (TPSA) is 68.0 Å². The Kier molecular flexibility index (Phi) is 6.18. The Morgan fingerprint density at radius 3 is 2.57 bits per heavy atom. The van der Waals surface area contributed by atoms with E-state index in [0.717, 1.165) is 22.4 Å². The number of likely N-dealkylation sites (N-methyl/N-ethyl adjacent to an activating group) is 1. The Balaban J connectivity index is 1.86. The SMILES string of the molecule is CN(C)C(CNc1cnn(-c2cccc(C(F)(F)F)c2)c(=O)c1Cl)c1cnn(C)c1. The lowest BCUT2D eigenvalue weighted by atomic mass is 10.1. The molecule has 0 aliphatic carbocycles. The highest BCUT2D eigenvalue weighted by Crippen LogP contribution is 2.30. The molecule has 0 bridgehead atoms. The van der Waals surface area contributed by atoms with Crippen molar-refractivity contribution in [2.24, 2.45) is 7.05 Å². The smallest absolute Gasteiger partial charge is 0.380 e. The van der Waals surface area contributed by atoms with Gasteiger partial charge in [0.25, 0.3) is 5.56 Å². The Hall–Kier alpha value is -2.85. The van der Waals surface area contributed by atoms with E-state index in [-0.39, 0.29) is 16.8 Å². The number of halogens is 4. The van der Waals surface area contributed by atoms with E-state index >= 15 is 0 Å². The summed E-state index contributed by atoms with van der Waals surface area (Å²) in [4.78, 5) is 14.6. The molecule has 30 heavy (non-hydrogen) atoms. The van der Waals surface area contributed by atoms with E-state index in [9.17, 15) is 18.0 Å². The molecule has 0 radical (unpaired) electrons. The Morgan fingerprint density at radius 2 is 1.97 bits per heavy atom. The number of nitrogens with one attached hydrogen (secondary N) is 1. The van der Waals surface area contributed by atoms with E-state index in [2.05, 4.69) is 15.5 Å². The summed E-state index contributed by atoms with van der Waals surface area (Å²) in [7, 11) is 5.63. The second-order valence-electron chi connectivity index (χ2n) is 6.94. The molecule has 2 heterocycles. The molecule has 0 fully saturated rings. The third-order valence-electron chi connectivity index (χ3n) is 4.56. The zero-order chi connectivity index (χ0) is 22.1. The minimum absolute atomic E-state index is 0.0233. The molecule has 0 aliphatic heterocycles. The summed E-state index contributed by atoms with van der Waals surface area (Å²) in [5.74, 6) is 0. The minimum Gasteiger partial charge on any atom is -0.380 e. The van der Waals surface area contributed by atoms with Crippen LogP contribution in [0.25, 0.3) is 5.69 Å². The maximum absolute atomic E-state index is 13.0. The lowest BCUT2D eigenvalue weighted by molar-refractivity contribution is -0.137. The number of benzene rings is 1. The van der Waals surface area contributed by atoms with Gasteiger partial charge in [-0.1, -0.05) is 17.7 Å². The summed E-state index contributed by atoms with van der Waals surface area (Å²) in [6.07, 6.45) is 0.425. The molecule has 160 valence electrons. The van der Waals surface area contributed by atoms with E-state index in [4.69, 9.17) is 11.6 Å². The van der Waals surface area contributed by atoms with Gasteiger partial charge in [0.15, 0.2) is 0 Å². The molecule has 0 saturated carbocycles. The first-order valence-electron chi connectivity index (χ1n) is 8.92. The maximum Gasteiger partial charge on any atom is 0.416 e. The van der Waals surface area contributed by atoms with Crippen LogP contribution in [0.5, 0.6) is 0 Å². The van der Waals surface area contributed by atoms with E-state index in [1.165, 1.54) is 18.3 Å². The molecule has 1 unspecified atom stereocenters. The second-order valence-corrected chi connectivity index (χ2v) is 7.32. The first-order chi connectivity index (χ1) is 14.1. The summed E-state index contributed by atoms with van der Waals surface area (Å²) in [6, 6.07) is 4.29. The predicted molar refractivity (Wildman–Crippen MR) is 108 cm³/mol. The van der Waals surface area contributed by atoms with Crippen molar-refractivity contribution < 1.29 is 13.2 Å². The van der Waals surface area contributed by atoms with Crippen molar-refractivity contribution >= 4 is 17.3 Å². The van der Waals surface area contributed by atoms with Crippen LogP contribution in [0, 0.1) is 0 Å². The molecule has 3 aromatic rings. The fraction of sp³-hybridized carbons (Fsp3) is 0.316. The van der Waals surface area contributed by atoms with Gasteiger partial charge >= 0.3 is 6.18 Å². The average molecular weight is 441 g/mol. The van der Waals surface area contributed by atoms with Crippen molar-refractivity contribution in [2.45, 2.75) is 12.2 Å². The van der Waals surface area contributed by atoms with Gasteiger partial charge in [-0.3, -0.25) is 9.48 Å². The fourth-order valence-electron chi connectivity index (χ4n) is 2.97. The Labute approximate surface area is 175 Å². The molecule has 0 amide bonds. The summed E-state index contributed by atoms with van der Waals surface area (Å²) in [5.41, 5.74) is -0.358. The quantitative estimate of drug-likeness (QED) is 0.636. The lowest BCUT2D eigenvalue weighted by Crippen LogP contribution is -2.28. The number of aromatic nitrogens is 4. The van der Waals surface area contributed by atoms with Crippen LogP contribution in [-0.4, -0.2) is 45.1 Å². The molecule has 11 heteroatoms. The zero-order valence-electron chi connectivity index (χ0n) is 16.5. The molecule has 1 N–H and O–H groups in total. The largest absolute Gasteiger partial charge is 0.416 e. The van der Waals surface area contributed by atoms with Gasteiger partial charge in [0.05, 0.1) is 35.4 Å². The second kappa shape index (κ2) is 8.49. The monoisotopic (exact) mass is 440 g/mol. The number of aryl methyl sites for hydroxylation is 1. The number of nitrogens with zero attached hydrogens (tertiary/aromatic N) is 5. The molecule has 0 spiro atoms. The lowest BCUT2D eigenvalue weighted by Gasteiger charge is -2.24. The van der Waals surface area contributed by atoms with Crippen LogP contribution < -0.4 is 10.9 Å². The van der Waals surface area contributed by atoms with Gasteiger partial charge < -0.3 is 10.2 Å². The van der Waals surface area contributed by atoms with Crippen molar-refractivity contribution in [3.8, 4) is 5.69 Å². The molecule has 1 aromatic carbocycles. The molecule has 3 rings (SSSR count). The standard InChI is InChI=1S/C19H20ClF3N6O/c1-27(2)16(12-8-25-28(3)11-12)10-24-15-9-26-29(18(30)17(15)20)14-6-4-5-13(7-14)19(21,22)23/h4-9,11,16,24H,10H2,1-3H3. The van der Waals surface area contributed by atoms with Gasteiger partial charge in [-0.2, -0.15) is 28.1 Å². The Morgan fingerprint density at radius 1 is 1.23 bits per heavy atom. The highest BCUT2D eigenvalue weighted by atomic mass is 35.5. The van der Waals surface area contributed by atoms with Crippen molar-refractivity contribution in [3.63, 3.8) is 0 Å². The first-order valence-corrected chi connectivity index (χ1v) is 9.30. The van der Waals surface area contributed by atoms with Gasteiger partial charge in [0.2, 0.25) is 0 Å². The molecular formula is C19H20ClF3N6O. The highest BCUT2D eigenvalue weighted by molar-refractivity contribution is 6.32. The zero-order valence-corrected chi connectivity index (χ0v) is 17.2. The van der Waals surface area contributed by atoms with Gasteiger partial charge in [-0.15, -0.1) is 0 Å². The number of hydrogen-bond donors (Lipinski definition) is 1. The van der Waals surface area contributed by atoms with Gasteiger partial charge in [-0.05, 0) is 32.3 Å². The van der Waals surface area contributed by atoms with Gasteiger partial charge in [0.1, 0.15) is 5.02 Å². The van der Waals surface area contributed by atoms with Crippen molar-refractivity contribution in [2.75, 3.05) is 26.0 Å². The van der Waals surface area contributed by atoms with Crippen LogP contribution in [-0.2, 0) is 13.2 Å². The third kappa shape index (κ3) is 4.65. The third-order valence-corrected chi connectivity index (χ3v) is 4.92. The number of rotatable bonds is 6. The molecule has 7 nitrogen and oxygen atoms in total. The highest BCUT2D eigenvalue weighted by Gasteiger charge is 2.30. The molecule has 2 aromatic heterocycles. The van der Waals surface area contributed by atoms with Crippen molar-refractivity contribution in [3.05, 3.63) is 69.4 Å². The number of anilines is 1. The van der Waals surface area contributed by atoms with Crippen LogP contribution in [0.1, 0.15) is 17.2 Å². The maximum atomic E-state index is 13.0. The summed E-state index contributed by atoms with van der Waals surface area (Å²) in [6.45, 7) is 0.410. The summed E-state index contributed by atoms with van der Waals surface area (Å²) in [5, 5.41) is 11.1. The van der Waals surface area contributed by atoms with Gasteiger partial charge in [0, 0.05) is 25.4 Å². The summed E-state index contributed by atoms with van der Waals surface area (Å²) < 4.78 is 41.4. The van der Waals surface area contributed by atoms with Crippen molar-refractivity contribution in [1.82, 2.24) is 24.5 Å². The fourth-order valence-corrected chi connectivity index (χ4v) is 3.17. The van der Waals surface area contributed by atoms with Crippen LogP contribution in [0.2, 0.25) is 5.02 Å². The van der Waals surface area contributed by atoms with Crippen LogP contribution in [0.15, 0.2) is 47.7 Å². The first kappa shape index (κ1) is 21.8. The normalized spacial score (nSPS) is 12.9. The van der Waals surface area contributed by atoms with E-state index in [0.29, 0.717) is 12.2 Å². The number of hydrogen-bond acceptors (Lipinski definition) is 5. The molecule has 0 saturated heterocycles. The minimum atomic E-state index is -4.53. The predicted octanol–water partition coefficient (Wildman–Crippen LogP) is 3.35. The molecule has 0 aliphatic rings. The van der Waals surface area contributed by atoms with Crippen LogP contribution >= 0.6 is 11.6 Å². The molecule has 1 atom stereocenters.